The molecule has 2 aromatic carbocycles. The Morgan fingerprint density at radius 1 is 1.23 bits per heavy atom. The van der Waals surface area contributed by atoms with Crippen molar-refractivity contribution in [1.82, 2.24) is 5.48 Å². The summed E-state index contributed by atoms with van der Waals surface area (Å²) in [6.45, 7) is -0.302. The number of hydrogen-bond acceptors (Lipinski definition) is 4. The van der Waals surface area contributed by atoms with E-state index in [4.69, 9.17) is 9.94 Å². The van der Waals surface area contributed by atoms with Crippen LogP contribution in [-0.4, -0.2) is 24.2 Å². The van der Waals surface area contributed by atoms with Crippen LogP contribution in [0.3, 0.4) is 0 Å². The van der Waals surface area contributed by atoms with Crippen molar-refractivity contribution >= 4 is 39.9 Å². The first-order chi connectivity index (χ1) is 10.6. The first kappa shape index (κ1) is 16.7. The zero-order chi connectivity index (χ0) is 15.9. The van der Waals surface area contributed by atoms with E-state index in [-0.39, 0.29) is 24.5 Å². The highest BCUT2D eigenvalue weighted by molar-refractivity contribution is 14.1. The molecule has 3 N–H and O–H groups in total. The first-order valence-electron chi connectivity index (χ1n) is 6.46. The number of para-hydroxylation sites is 1. The summed E-state index contributed by atoms with van der Waals surface area (Å²) in [5, 5.41) is 11.5. The smallest absolute Gasteiger partial charge is 0.277 e. The number of hydroxylamine groups is 1. The van der Waals surface area contributed by atoms with Crippen LogP contribution < -0.4 is 10.8 Å². The lowest BCUT2D eigenvalue weighted by atomic mass is 10.1. The molecule has 0 heterocycles. The maximum absolute atomic E-state index is 14.5. The highest BCUT2D eigenvalue weighted by Crippen LogP contribution is 2.28. The lowest BCUT2D eigenvalue weighted by Crippen LogP contribution is -2.26. The van der Waals surface area contributed by atoms with Gasteiger partial charge in [-0.05, 0) is 46.9 Å². The van der Waals surface area contributed by atoms with Gasteiger partial charge in [-0.3, -0.25) is 9.63 Å². The number of anilines is 2. The monoisotopic (exact) mass is 416 g/mol. The summed E-state index contributed by atoms with van der Waals surface area (Å²) >= 11 is 1.99. The third-order valence-electron chi connectivity index (χ3n) is 2.74. The minimum absolute atomic E-state index is 0.0626. The summed E-state index contributed by atoms with van der Waals surface area (Å²) in [5.41, 5.74) is 2.88. The average Bonchev–Trinajstić information content (AvgIpc) is 2.52. The van der Waals surface area contributed by atoms with Gasteiger partial charge in [0.25, 0.3) is 5.91 Å². The summed E-state index contributed by atoms with van der Waals surface area (Å²) in [4.78, 5) is 16.6. The molecule has 22 heavy (non-hydrogen) atoms. The van der Waals surface area contributed by atoms with Crippen LogP contribution >= 0.6 is 22.6 Å². The van der Waals surface area contributed by atoms with E-state index < -0.39 is 11.7 Å². The Morgan fingerprint density at radius 2 is 1.95 bits per heavy atom. The van der Waals surface area contributed by atoms with Crippen molar-refractivity contribution in [3.8, 4) is 0 Å². The Kier molecular flexibility index (Phi) is 6.10. The number of aliphatic hydroxyl groups is 1. The molecule has 116 valence electrons. The maximum Gasteiger partial charge on any atom is 0.277 e. The van der Waals surface area contributed by atoms with E-state index in [1.54, 1.807) is 18.2 Å². The van der Waals surface area contributed by atoms with Gasteiger partial charge in [0.1, 0.15) is 0 Å². The summed E-state index contributed by atoms with van der Waals surface area (Å²) in [7, 11) is 0. The van der Waals surface area contributed by atoms with Crippen LogP contribution in [0.25, 0.3) is 0 Å². The first-order valence-corrected chi connectivity index (χ1v) is 7.54. The molecule has 7 heteroatoms. The van der Waals surface area contributed by atoms with E-state index >= 15 is 0 Å². The van der Waals surface area contributed by atoms with Gasteiger partial charge in [-0.15, -0.1) is 0 Å². The SMILES string of the molecule is O=C(NOCCO)c1ccc(I)c(Nc2ccccc2)c1F. The Hall–Kier alpha value is -1.71. The Morgan fingerprint density at radius 3 is 2.64 bits per heavy atom. The van der Waals surface area contributed by atoms with Crippen molar-refractivity contribution in [3.05, 3.63) is 57.4 Å². The zero-order valence-electron chi connectivity index (χ0n) is 11.5. The molecule has 0 saturated carbocycles. The number of aliphatic hydroxyl groups excluding tert-OH is 1. The fourth-order valence-corrected chi connectivity index (χ4v) is 2.28. The van der Waals surface area contributed by atoms with Gasteiger partial charge in [0.05, 0.1) is 24.5 Å². The molecule has 2 aromatic rings. The number of benzene rings is 2. The van der Waals surface area contributed by atoms with E-state index in [9.17, 15) is 9.18 Å². The molecule has 0 aliphatic rings. The third-order valence-corrected chi connectivity index (χ3v) is 3.64. The van der Waals surface area contributed by atoms with Crippen LogP contribution in [-0.2, 0) is 4.84 Å². The number of carbonyl (C=O) groups excluding carboxylic acids is 1. The molecule has 2 rings (SSSR count). The van der Waals surface area contributed by atoms with Gasteiger partial charge in [-0.25, -0.2) is 9.87 Å². The highest BCUT2D eigenvalue weighted by atomic mass is 127. The minimum Gasteiger partial charge on any atom is -0.394 e. The number of halogens is 2. The number of carbonyl (C=O) groups is 1. The maximum atomic E-state index is 14.5. The second-order valence-corrected chi connectivity index (χ2v) is 5.44. The van der Waals surface area contributed by atoms with Crippen molar-refractivity contribution in [2.45, 2.75) is 0 Å². The average molecular weight is 416 g/mol. The number of amides is 1. The van der Waals surface area contributed by atoms with Crippen molar-refractivity contribution in [3.63, 3.8) is 0 Å². The van der Waals surface area contributed by atoms with E-state index in [1.165, 1.54) is 6.07 Å². The molecule has 0 radical (unpaired) electrons. The lowest BCUT2D eigenvalue weighted by molar-refractivity contribution is 0.0165. The molecule has 0 aromatic heterocycles. The van der Waals surface area contributed by atoms with Gasteiger partial charge in [-0.2, -0.15) is 0 Å². The topological polar surface area (TPSA) is 70.6 Å². The van der Waals surface area contributed by atoms with E-state index in [2.05, 4.69) is 10.8 Å². The van der Waals surface area contributed by atoms with Gasteiger partial charge in [0.15, 0.2) is 5.82 Å². The molecule has 0 spiro atoms. The standard InChI is InChI=1S/C15H14FIN2O3/c16-13-11(15(21)19-22-9-8-20)6-7-12(17)14(13)18-10-4-2-1-3-5-10/h1-7,18,20H,8-9H2,(H,19,21). The summed E-state index contributed by atoms with van der Waals surface area (Å²) in [6, 6.07) is 12.1. The van der Waals surface area contributed by atoms with Crippen molar-refractivity contribution < 1.29 is 19.1 Å². The molecule has 1 amide bonds. The molecule has 0 aliphatic heterocycles. The molecule has 0 bridgehead atoms. The van der Waals surface area contributed by atoms with Crippen LogP contribution in [0.5, 0.6) is 0 Å². The summed E-state index contributed by atoms with van der Waals surface area (Å²) < 4.78 is 15.2. The van der Waals surface area contributed by atoms with Gasteiger partial charge >= 0.3 is 0 Å². The number of nitrogens with one attached hydrogen (secondary N) is 2. The zero-order valence-corrected chi connectivity index (χ0v) is 13.6. The van der Waals surface area contributed by atoms with Crippen molar-refractivity contribution in [1.29, 1.82) is 0 Å². The van der Waals surface area contributed by atoms with Gasteiger partial charge in [-0.1, -0.05) is 18.2 Å². The predicted octanol–water partition coefficient (Wildman–Crippen LogP) is 2.83. The fraction of sp³-hybridized carbons (Fsp3) is 0.133. The molecule has 0 unspecified atom stereocenters. The number of rotatable bonds is 6. The van der Waals surface area contributed by atoms with Crippen LogP contribution in [0.2, 0.25) is 0 Å². The summed E-state index contributed by atoms with van der Waals surface area (Å²) in [5.74, 6) is -1.38. The number of hydrogen-bond donors (Lipinski definition) is 3. The fourth-order valence-electron chi connectivity index (χ4n) is 1.73. The Bertz CT molecular complexity index is 653. The molecular formula is C15H14FIN2O3. The van der Waals surface area contributed by atoms with Gasteiger partial charge in [0.2, 0.25) is 0 Å². The molecular weight excluding hydrogens is 402 g/mol. The van der Waals surface area contributed by atoms with Crippen LogP contribution in [0, 0.1) is 9.39 Å². The molecule has 0 fully saturated rings. The van der Waals surface area contributed by atoms with Crippen LogP contribution in [0.4, 0.5) is 15.8 Å². The second-order valence-electron chi connectivity index (χ2n) is 4.28. The Labute approximate surface area is 140 Å². The normalized spacial score (nSPS) is 10.3. The van der Waals surface area contributed by atoms with E-state index in [0.717, 1.165) is 0 Å². The van der Waals surface area contributed by atoms with Crippen molar-refractivity contribution in [2.75, 3.05) is 18.5 Å². The van der Waals surface area contributed by atoms with Crippen molar-refractivity contribution in [2.24, 2.45) is 0 Å². The van der Waals surface area contributed by atoms with Crippen LogP contribution in [0.1, 0.15) is 10.4 Å². The third kappa shape index (κ3) is 4.15. The highest BCUT2D eigenvalue weighted by Gasteiger charge is 2.18. The summed E-state index contributed by atoms with van der Waals surface area (Å²) in [6.07, 6.45) is 0. The van der Waals surface area contributed by atoms with E-state index in [1.807, 2.05) is 40.8 Å². The predicted molar refractivity (Wildman–Crippen MR) is 89.3 cm³/mol. The molecule has 0 atom stereocenters. The van der Waals surface area contributed by atoms with Crippen LogP contribution in [0.15, 0.2) is 42.5 Å². The second kappa shape index (κ2) is 8.06. The van der Waals surface area contributed by atoms with E-state index in [0.29, 0.717) is 9.26 Å². The van der Waals surface area contributed by atoms with Gasteiger partial charge in [0, 0.05) is 9.26 Å². The van der Waals surface area contributed by atoms with Gasteiger partial charge < -0.3 is 10.4 Å². The Balaban J connectivity index is 2.23. The quantitative estimate of drug-likeness (QED) is 0.385. The largest absolute Gasteiger partial charge is 0.394 e. The molecule has 0 aliphatic carbocycles. The molecule has 5 nitrogen and oxygen atoms in total. The molecule has 0 saturated heterocycles. The minimum atomic E-state index is -0.710. The lowest BCUT2D eigenvalue weighted by Gasteiger charge is -2.13.